The molecule has 0 bridgehead atoms. The Kier molecular flexibility index (Phi) is 5.84. The van der Waals surface area contributed by atoms with Crippen molar-refractivity contribution in [1.82, 2.24) is 9.13 Å². The van der Waals surface area contributed by atoms with Crippen molar-refractivity contribution in [1.29, 1.82) is 0 Å². The lowest BCUT2D eigenvalue weighted by Crippen LogP contribution is -1.94. The van der Waals surface area contributed by atoms with Crippen molar-refractivity contribution in [3.63, 3.8) is 0 Å². The van der Waals surface area contributed by atoms with Gasteiger partial charge in [-0.25, -0.2) is 0 Å². The first-order chi connectivity index (χ1) is 26.1. The van der Waals surface area contributed by atoms with Gasteiger partial charge in [-0.15, -0.1) is 0 Å². The van der Waals surface area contributed by atoms with E-state index in [2.05, 4.69) is 120 Å². The summed E-state index contributed by atoms with van der Waals surface area (Å²) in [5.74, 6) is 0. The molecule has 50 heavy (non-hydrogen) atoms. The van der Waals surface area contributed by atoms with Crippen LogP contribution in [0.1, 0.15) is 4.11 Å². The highest BCUT2D eigenvalue weighted by Gasteiger charge is 2.17. The molecule has 0 atom stereocenters. The predicted molar refractivity (Wildman–Crippen MR) is 211 cm³/mol. The van der Waals surface area contributed by atoms with Crippen LogP contribution in [0.3, 0.4) is 0 Å². The van der Waals surface area contributed by atoms with Gasteiger partial charge in [0.05, 0.1) is 26.2 Å². The third-order valence-corrected chi connectivity index (χ3v) is 9.82. The summed E-state index contributed by atoms with van der Waals surface area (Å²) in [6.07, 6.45) is 0. The zero-order chi connectivity index (χ0) is 35.6. The maximum absolute atomic E-state index is 9.84. The molecule has 10 rings (SSSR count). The highest BCUT2D eigenvalue weighted by molar-refractivity contribution is 6.13. The fraction of sp³-hybridized carbons (Fsp3) is 0. The van der Waals surface area contributed by atoms with Gasteiger partial charge in [0, 0.05) is 32.9 Å². The molecule has 8 aromatic carbocycles. The van der Waals surface area contributed by atoms with Crippen molar-refractivity contribution < 1.29 is 4.11 Å². The minimum atomic E-state index is 0.0458. The third-order valence-electron chi connectivity index (χ3n) is 9.82. The van der Waals surface area contributed by atoms with E-state index in [9.17, 15) is 4.11 Å². The summed E-state index contributed by atoms with van der Waals surface area (Å²) in [6, 6.07) is 60.6. The molecule has 0 N–H and O–H groups in total. The van der Waals surface area contributed by atoms with E-state index in [4.69, 9.17) is 0 Å². The SMILES string of the molecule is [2H]c1c(-c2ccc3c(c2)c2ccccc2n3-c2cccc(-c3ccccc3)c2)c([2H])c2c3cc(-c4ccccc4)ccc3n(-c3ccccc3)c2c1[2H]. The highest BCUT2D eigenvalue weighted by atomic mass is 15.0. The smallest absolute Gasteiger partial charge is 0.0645 e. The third kappa shape index (κ3) is 4.57. The van der Waals surface area contributed by atoms with E-state index in [-0.39, 0.29) is 18.1 Å². The van der Waals surface area contributed by atoms with Gasteiger partial charge in [-0.2, -0.15) is 0 Å². The summed E-state index contributed by atoms with van der Waals surface area (Å²) in [7, 11) is 0. The Hall–Kier alpha value is -6.64. The predicted octanol–water partition coefficient (Wildman–Crippen LogP) is 12.9. The Balaban J connectivity index is 1.23. The van der Waals surface area contributed by atoms with Crippen molar-refractivity contribution in [2.24, 2.45) is 0 Å². The number of rotatable bonds is 5. The van der Waals surface area contributed by atoms with Gasteiger partial charge < -0.3 is 9.13 Å². The first kappa shape index (κ1) is 25.4. The van der Waals surface area contributed by atoms with Gasteiger partial charge in [0.2, 0.25) is 0 Å². The number of para-hydroxylation sites is 2. The van der Waals surface area contributed by atoms with Gasteiger partial charge in [0.25, 0.3) is 0 Å². The molecule has 0 amide bonds. The molecule has 234 valence electrons. The Morgan fingerprint density at radius 2 is 0.800 bits per heavy atom. The molecular formula is C48H32N2. The summed E-state index contributed by atoms with van der Waals surface area (Å²) >= 11 is 0. The molecule has 0 aliphatic heterocycles. The number of nitrogens with zero attached hydrogens (tertiary/aromatic N) is 2. The summed E-state index contributed by atoms with van der Waals surface area (Å²) in [5.41, 5.74) is 11.2. The molecule has 0 aliphatic rings. The van der Waals surface area contributed by atoms with Crippen molar-refractivity contribution in [2.45, 2.75) is 0 Å². The summed E-state index contributed by atoms with van der Waals surface area (Å²) in [5, 5.41) is 3.69. The van der Waals surface area contributed by atoms with Crippen LogP contribution in [0.2, 0.25) is 0 Å². The largest absolute Gasteiger partial charge is 0.309 e. The highest BCUT2D eigenvalue weighted by Crippen LogP contribution is 2.39. The van der Waals surface area contributed by atoms with Crippen LogP contribution in [0.15, 0.2) is 194 Å². The number of hydrogen-bond acceptors (Lipinski definition) is 0. The maximum Gasteiger partial charge on any atom is 0.0645 e. The van der Waals surface area contributed by atoms with Crippen LogP contribution in [-0.2, 0) is 0 Å². The molecule has 0 unspecified atom stereocenters. The van der Waals surface area contributed by atoms with Gasteiger partial charge in [-0.3, -0.25) is 0 Å². The molecule has 2 heteroatoms. The van der Waals surface area contributed by atoms with Crippen molar-refractivity contribution in [3.05, 3.63) is 194 Å². The number of fused-ring (bicyclic) bond motifs is 6. The van der Waals surface area contributed by atoms with Crippen LogP contribution < -0.4 is 0 Å². The fourth-order valence-electron chi connectivity index (χ4n) is 7.48. The molecule has 0 aliphatic carbocycles. The van der Waals surface area contributed by atoms with Crippen LogP contribution in [0.4, 0.5) is 0 Å². The summed E-state index contributed by atoms with van der Waals surface area (Å²) < 4.78 is 33.2. The fourth-order valence-corrected chi connectivity index (χ4v) is 7.48. The van der Waals surface area contributed by atoms with Gasteiger partial charge in [0.1, 0.15) is 0 Å². The first-order valence-corrected chi connectivity index (χ1v) is 16.9. The van der Waals surface area contributed by atoms with E-state index in [1.165, 1.54) is 0 Å². The monoisotopic (exact) mass is 639 g/mol. The average Bonchev–Trinajstić information content (AvgIpc) is 3.74. The van der Waals surface area contributed by atoms with Gasteiger partial charge in [0.15, 0.2) is 0 Å². The number of benzene rings is 8. The topological polar surface area (TPSA) is 9.86 Å². The second-order valence-corrected chi connectivity index (χ2v) is 12.7. The molecule has 10 aromatic rings. The number of aromatic nitrogens is 2. The zero-order valence-electron chi connectivity index (χ0n) is 30.1. The van der Waals surface area contributed by atoms with E-state index in [0.29, 0.717) is 16.5 Å². The molecule has 2 aromatic heterocycles. The molecule has 0 radical (unpaired) electrons. The Morgan fingerprint density at radius 1 is 0.300 bits per heavy atom. The molecule has 0 saturated heterocycles. The second kappa shape index (κ2) is 11.5. The van der Waals surface area contributed by atoms with Gasteiger partial charge in [-0.05, 0) is 100 Å². The molecule has 0 fully saturated rings. The van der Waals surface area contributed by atoms with Crippen LogP contribution in [0, 0.1) is 0 Å². The maximum atomic E-state index is 9.84. The molecule has 0 saturated carbocycles. The summed E-state index contributed by atoms with van der Waals surface area (Å²) in [4.78, 5) is 0. The Labute approximate surface area is 294 Å². The van der Waals surface area contributed by atoms with Gasteiger partial charge >= 0.3 is 0 Å². The molecule has 2 heterocycles. The molecule has 0 spiro atoms. The van der Waals surface area contributed by atoms with E-state index in [0.717, 1.165) is 71.9 Å². The van der Waals surface area contributed by atoms with E-state index >= 15 is 0 Å². The standard InChI is InChI=1S/C48H32N2/c1-4-13-33(14-5-1)35-17-12-20-40(29-35)50-45-22-11-10-21-41(45)42-31-37(24-27-46(42)50)38-25-28-48-44(32-38)43-30-36(34-15-6-2-7-16-34)23-26-47(43)49(48)39-18-8-3-9-19-39/h1-32H/i25D,28D,32D. The van der Waals surface area contributed by atoms with Crippen LogP contribution in [0.5, 0.6) is 0 Å². The van der Waals surface area contributed by atoms with Crippen LogP contribution >= 0.6 is 0 Å². The zero-order valence-corrected chi connectivity index (χ0v) is 27.1. The summed E-state index contributed by atoms with van der Waals surface area (Å²) in [6.45, 7) is 0. The molecule has 2 nitrogen and oxygen atoms in total. The van der Waals surface area contributed by atoms with Crippen LogP contribution in [0.25, 0.3) is 88.4 Å². The van der Waals surface area contributed by atoms with E-state index in [1.54, 1.807) is 0 Å². The molecular weight excluding hydrogens is 605 g/mol. The van der Waals surface area contributed by atoms with Gasteiger partial charge in [-0.1, -0.05) is 127 Å². The van der Waals surface area contributed by atoms with E-state index < -0.39 is 0 Å². The van der Waals surface area contributed by atoms with Crippen molar-refractivity contribution >= 4 is 43.6 Å². The Morgan fingerprint density at radius 3 is 1.50 bits per heavy atom. The van der Waals surface area contributed by atoms with Crippen LogP contribution in [-0.4, -0.2) is 9.13 Å². The Bertz CT molecular complexity index is 3020. The lowest BCUT2D eigenvalue weighted by atomic mass is 9.99. The average molecular weight is 640 g/mol. The lowest BCUT2D eigenvalue weighted by Gasteiger charge is -2.11. The first-order valence-electron chi connectivity index (χ1n) is 18.4. The lowest BCUT2D eigenvalue weighted by molar-refractivity contribution is 1.18. The van der Waals surface area contributed by atoms with Crippen molar-refractivity contribution in [2.75, 3.05) is 0 Å². The normalized spacial score (nSPS) is 12.4. The van der Waals surface area contributed by atoms with Crippen molar-refractivity contribution in [3.8, 4) is 44.8 Å². The minimum Gasteiger partial charge on any atom is -0.309 e. The minimum absolute atomic E-state index is 0.0458. The quantitative estimate of drug-likeness (QED) is 0.177. The second-order valence-electron chi connectivity index (χ2n) is 12.7. The van der Waals surface area contributed by atoms with E-state index in [1.807, 2.05) is 65.2 Å². The number of hydrogen-bond donors (Lipinski definition) is 0.